The van der Waals surface area contributed by atoms with Crippen LogP contribution in [0.5, 0.6) is 0 Å². The average Bonchev–Trinajstić information content (AvgIpc) is 2.85. The van der Waals surface area contributed by atoms with E-state index < -0.39 is 30.5 Å². The molecule has 1 aliphatic rings. The predicted octanol–water partition coefficient (Wildman–Crippen LogP) is 4.69. The molecule has 0 saturated heterocycles. The summed E-state index contributed by atoms with van der Waals surface area (Å²) in [6, 6.07) is 10.5. The highest BCUT2D eigenvalue weighted by atomic mass is 35.5. The van der Waals surface area contributed by atoms with Gasteiger partial charge in [0.05, 0.1) is 24.3 Å². The van der Waals surface area contributed by atoms with E-state index in [1.54, 1.807) is 30.3 Å². The number of hydrogen-bond donors (Lipinski definition) is 2. The van der Waals surface area contributed by atoms with Gasteiger partial charge in [0.25, 0.3) is 0 Å². The summed E-state index contributed by atoms with van der Waals surface area (Å²) in [5.74, 6) is -1.56. The molecule has 2 aromatic carbocycles. The first-order chi connectivity index (χ1) is 14.2. The van der Waals surface area contributed by atoms with Crippen molar-refractivity contribution < 1.29 is 22.8 Å². The molecule has 2 atom stereocenters. The topological polar surface area (TPSA) is 61.4 Å². The number of benzene rings is 2. The second kappa shape index (κ2) is 9.06. The smallest absolute Gasteiger partial charge is 0.324 e. The van der Waals surface area contributed by atoms with Gasteiger partial charge in [0.15, 0.2) is 0 Å². The van der Waals surface area contributed by atoms with Crippen molar-refractivity contribution in [1.82, 2.24) is 5.32 Å². The van der Waals surface area contributed by atoms with Crippen molar-refractivity contribution in [2.45, 2.75) is 38.0 Å². The van der Waals surface area contributed by atoms with Crippen LogP contribution in [0.25, 0.3) is 0 Å². The lowest BCUT2D eigenvalue weighted by Gasteiger charge is -2.32. The van der Waals surface area contributed by atoms with Crippen LogP contribution in [0.2, 0.25) is 5.02 Å². The van der Waals surface area contributed by atoms with E-state index in [0.717, 1.165) is 5.56 Å². The SMILES string of the molecule is CC[C@H](NCC(=O)N1c2ccccc2NC(=O)C[C@@H]1C(F)(F)F)c1ccc(Cl)cc1. The highest BCUT2D eigenvalue weighted by Gasteiger charge is 2.48. The van der Waals surface area contributed by atoms with Gasteiger partial charge in [0, 0.05) is 11.1 Å². The van der Waals surface area contributed by atoms with E-state index in [1.807, 2.05) is 6.92 Å². The maximum absolute atomic E-state index is 13.8. The summed E-state index contributed by atoms with van der Waals surface area (Å²) in [6.45, 7) is 1.58. The number of alkyl halides is 3. The van der Waals surface area contributed by atoms with Crippen LogP contribution in [0, 0.1) is 0 Å². The fourth-order valence-corrected chi connectivity index (χ4v) is 3.61. The molecule has 0 radical (unpaired) electrons. The van der Waals surface area contributed by atoms with E-state index in [9.17, 15) is 22.8 Å². The Morgan fingerprint density at radius 3 is 2.53 bits per heavy atom. The molecule has 0 unspecified atom stereocenters. The molecule has 5 nitrogen and oxygen atoms in total. The number of anilines is 2. The molecule has 0 saturated carbocycles. The van der Waals surface area contributed by atoms with Gasteiger partial charge in [0.1, 0.15) is 6.04 Å². The second-order valence-corrected chi connectivity index (χ2v) is 7.42. The van der Waals surface area contributed by atoms with Crippen molar-refractivity contribution >= 4 is 34.8 Å². The van der Waals surface area contributed by atoms with Crippen LogP contribution in [0.1, 0.15) is 31.4 Å². The van der Waals surface area contributed by atoms with Gasteiger partial charge in [0.2, 0.25) is 11.8 Å². The monoisotopic (exact) mass is 439 g/mol. The zero-order valence-corrected chi connectivity index (χ0v) is 16.9. The number of nitrogens with zero attached hydrogens (tertiary/aromatic N) is 1. The van der Waals surface area contributed by atoms with Crippen LogP contribution in [-0.2, 0) is 9.59 Å². The van der Waals surface area contributed by atoms with E-state index in [0.29, 0.717) is 16.3 Å². The third-order valence-electron chi connectivity index (χ3n) is 4.95. The summed E-state index contributed by atoms with van der Waals surface area (Å²) in [4.78, 5) is 25.7. The zero-order chi connectivity index (χ0) is 21.9. The Labute approximate surface area is 177 Å². The van der Waals surface area contributed by atoms with Gasteiger partial charge in [-0.05, 0) is 36.2 Å². The first kappa shape index (κ1) is 22.1. The normalized spacial score (nSPS) is 17.7. The van der Waals surface area contributed by atoms with Crippen LogP contribution in [0.4, 0.5) is 24.5 Å². The fourth-order valence-electron chi connectivity index (χ4n) is 3.48. The maximum atomic E-state index is 13.8. The molecule has 1 heterocycles. The number of amides is 2. The third-order valence-corrected chi connectivity index (χ3v) is 5.21. The highest BCUT2D eigenvalue weighted by Crippen LogP contribution is 2.37. The third kappa shape index (κ3) is 4.94. The summed E-state index contributed by atoms with van der Waals surface area (Å²) in [5.41, 5.74) is 1.07. The number of hydrogen-bond acceptors (Lipinski definition) is 3. The molecule has 160 valence electrons. The number of para-hydroxylation sites is 2. The fraction of sp³-hybridized carbons (Fsp3) is 0.333. The Bertz CT molecular complexity index is 918. The molecule has 0 fully saturated rings. The quantitative estimate of drug-likeness (QED) is 0.710. The molecule has 3 rings (SSSR count). The van der Waals surface area contributed by atoms with Crippen molar-refractivity contribution in [3.63, 3.8) is 0 Å². The van der Waals surface area contributed by atoms with Crippen molar-refractivity contribution in [2.24, 2.45) is 0 Å². The number of carbonyl (C=O) groups excluding carboxylic acids is 2. The maximum Gasteiger partial charge on any atom is 0.409 e. The van der Waals surface area contributed by atoms with Gasteiger partial charge < -0.3 is 10.6 Å². The van der Waals surface area contributed by atoms with Crippen molar-refractivity contribution in [3.05, 3.63) is 59.1 Å². The first-order valence-corrected chi connectivity index (χ1v) is 9.85. The lowest BCUT2D eigenvalue weighted by molar-refractivity contribution is -0.157. The summed E-state index contributed by atoms with van der Waals surface area (Å²) in [6.07, 6.45) is -5.00. The van der Waals surface area contributed by atoms with Gasteiger partial charge >= 0.3 is 6.18 Å². The number of nitrogens with one attached hydrogen (secondary N) is 2. The molecule has 9 heteroatoms. The Morgan fingerprint density at radius 1 is 1.23 bits per heavy atom. The van der Waals surface area contributed by atoms with Crippen molar-refractivity contribution in [2.75, 3.05) is 16.8 Å². The number of carbonyl (C=O) groups is 2. The van der Waals surface area contributed by atoms with Crippen LogP contribution in [0.15, 0.2) is 48.5 Å². The minimum atomic E-state index is -4.76. The Hall–Kier alpha value is -2.58. The average molecular weight is 440 g/mol. The predicted molar refractivity (Wildman–Crippen MR) is 110 cm³/mol. The molecule has 2 N–H and O–H groups in total. The van der Waals surface area contributed by atoms with Crippen LogP contribution in [-0.4, -0.2) is 30.6 Å². The van der Waals surface area contributed by atoms with Crippen LogP contribution < -0.4 is 15.5 Å². The molecule has 0 aliphatic carbocycles. The van der Waals surface area contributed by atoms with Crippen LogP contribution in [0.3, 0.4) is 0 Å². The summed E-state index contributed by atoms with van der Waals surface area (Å²) >= 11 is 5.90. The van der Waals surface area contributed by atoms with E-state index in [1.165, 1.54) is 18.2 Å². The molecular weight excluding hydrogens is 419 g/mol. The van der Waals surface area contributed by atoms with E-state index in [2.05, 4.69) is 10.6 Å². The Kier molecular flexibility index (Phi) is 6.67. The molecule has 0 bridgehead atoms. The summed E-state index contributed by atoms with van der Waals surface area (Å²) in [5, 5.41) is 6.05. The molecule has 2 aromatic rings. The number of rotatable bonds is 5. The van der Waals surface area contributed by atoms with Gasteiger partial charge in [-0.1, -0.05) is 42.8 Å². The largest absolute Gasteiger partial charge is 0.409 e. The Balaban J connectivity index is 1.87. The first-order valence-electron chi connectivity index (χ1n) is 9.47. The molecule has 2 amide bonds. The molecule has 0 aromatic heterocycles. The lowest BCUT2D eigenvalue weighted by Crippen LogP contribution is -2.52. The van der Waals surface area contributed by atoms with Crippen molar-refractivity contribution in [1.29, 1.82) is 0 Å². The van der Waals surface area contributed by atoms with Crippen molar-refractivity contribution in [3.8, 4) is 0 Å². The standard InChI is InChI=1S/C21H21ClF3N3O2/c1-2-15(13-7-9-14(22)10-8-13)26-12-20(30)28-17-6-4-3-5-16(17)27-19(29)11-18(28)21(23,24)25/h3-10,15,18,26H,2,11-12H2,1H3,(H,27,29)/t15-,18+/m0/s1. The van der Waals surface area contributed by atoms with Crippen LogP contribution >= 0.6 is 11.6 Å². The molecule has 1 aliphatic heterocycles. The van der Waals surface area contributed by atoms with Gasteiger partial charge in [-0.2, -0.15) is 13.2 Å². The van der Waals surface area contributed by atoms with E-state index >= 15 is 0 Å². The number of halogens is 4. The van der Waals surface area contributed by atoms with Gasteiger partial charge in [-0.15, -0.1) is 0 Å². The molecular formula is C21H21ClF3N3O2. The molecule has 0 spiro atoms. The summed E-state index contributed by atoms with van der Waals surface area (Å²) < 4.78 is 41.3. The lowest BCUT2D eigenvalue weighted by atomic mass is 10.0. The minimum absolute atomic E-state index is 0.0250. The van der Waals surface area contributed by atoms with E-state index in [4.69, 9.17) is 11.6 Å². The van der Waals surface area contributed by atoms with E-state index in [-0.39, 0.29) is 24.0 Å². The minimum Gasteiger partial charge on any atom is -0.324 e. The van der Waals surface area contributed by atoms with Gasteiger partial charge in [-0.25, -0.2) is 0 Å². The zero-order valence-electron chi connectivity index (χ0n) is 16.2. The second-order valence-electron chi connectivity index (χ2n) is 6.98. The summed E-state index contributed by atoms with van der Waals surface area (Å²) in [7, 11) is 0. The number of fused-ring (bicyclic) bond motifs is 1. The molecule has 30 heavy (non-hydrogen) atoms. The van der Waals surface area contributed by atoms with Gasteiger partial charge in [-0.3, -0.25) is 14.5 Å². The highest BCUT2D eigenvalue weighted by molar-refractivity contribution is 6.30. The Morgan fingerprint density at radius 2 is 1.90 bits per heavy atom.